The zero-order valence-electron chi connectivity index (χ0n) is 17.0. The Morgan fingerprint density at radius 2 is 1.19 bits per heavy atom. The molecule has 0 saturated heterocycles. The summed E-state index contributed by atoms with van der Waals surface area (Å²) in [5.74, 6) is 1.32. The molecule has 31 heavy (non-hydrogen) atoms. The summed E-state index contributed by atoms with van der Waals surface area (Å²) in [7, 11) is 0. The predicted octanol–water partition coefficient (Wildman–Crippen LogP) is 6.06. The first-order chi connectivity index (χ1) is 15.3. The van der Waals surface area contributed by atoms with Crippen LogP contribution < -0.4 is 14.8 Å². The number of rotatable bonds is 8. The Bertz CT molecular complexity index is 1110. The number of hydrogen-bond donors (Lipinski definition) is 1. The molecule has 0 aliphatic rings. The maximum atomic E-state index is 12.6. The van der Waals surface area contributed by atoms with Crippen LogP contribution in [0.3, 0.4) is 0 Å². The summed E-state index contributed by atoms with van der Waals surface area (Å²) in [6, 6.07) is 34.6. The highest BCUT2D eigenvalue weighted by Crippen LogP contribution is 2.21. The van der Waals surface area contributed by atoms with E-state index in [2.05, 4.69) is 5.32 Å². The minimum atomic E-state index is -0.163. The van der Waals surface area contributed by atoms with Gasteiger partial charge in [0.15, 0.2) is 0 Å². The highest BCUT2D eigenvalue weighted by Gasteiger charge is 2.07. The van der Waals surface area contributed by atoms with Crippen molar-refractivity contribution >= 4 is 11.6 Å². The molecule has 0 radical (unpaired) electrons. The number of benzene rings is 4. The van der Waals surface area contributed by atoms with Gasteiger partial charge in [0, 0.05) is 17.3 Å². The number of hydrogen-bond acceptors (Lipinski definition) is 3. The fraction of sp³-hybridized carbons (Fsp3) is 0.0741. The molecule has 1 N–H and O–H groups in total. The van der Waals surface area contributed by atoms with E-state index in [1.165, 1.54) is 0 Å². The molecule has 4 rings (SSSR count). The number of carbonyl (C=O) groups is 1. The van der Waals surface area contributed by atoms with Crippen LogP contribution in [0.15, 0.2) is 109 Å². The maximum absolute atomic E-state index is 12.6. The van der Waals surface area contributed by atoms with Crippen LogP contribution in [0.1, 0.15) is 10.4 Å². The van der Waals surface area contributed by atoms with Crippen LogP contribution in [0.4, 0.5) is 5.69 Å². The van der Waals surface area contributed by atoms with Gasteiger partial charge in [0.25, 0.3) is 5.91 Å². The van der Waals surface area contributed by atoms with Gasteiger partial charge in [-0.2, -0.15) is 0 Å². The van der Waals surface area contributed by atoms with E-state index in [0.29, 0.717) is 30.2 Å². The van der Waals surface area contributed by atoms with E-state index in [1.807, 2.05) is 103 Å². The minimum absolute atomic E-state index is 0.163. The number of ether oxygens (including phenoxy) is 2. The molecule has 0 unspecified atom stereocenters. The summed E-state index contributed by atoms with van der Waals surface area (Å²) in [6.07, 6.45) is 0. The quantitative estimate of drug-likeness (QED) is 0.360. The van der Waals surface area contributed by atoms with E-state index in [-0.39, 0.29) is 5.91 Å². The van der Waals surface area contributed by atoms with Crippen LogP contribution in [-0.4, -0.2) is 19.1 Å². The monoisotopic (exact) mass is 409 g/mol. The molecule has 0 aliphatic heterocycles. The molecule has 0 bridgehead atoms. The van der Waals surface area contributed by atoms with Crippen molar-refractivity contribution in [2.24, 2.45) is 0 Å². The van der Waals surface area contributed by atoms with Crippen molar-refractivity contribution in [3.8, 4) is 22.6 Å². The summed E-state index contributed by atoms with van der Waals surface area (Å²) in [5.41, 5.74) is 3.47. The van der Waals surface area contributed by atoms with Crippen molar-refractivity contribution in [1.29, 1.82) is 0 Å². The summed E-state index contributed by atoms with van der Waals surface area (Å²) in [5, 5.41) is 2.92. The van der Waals surface area contributed by atoms with Gasteiger partial charge in [0.05, 0.1) is 0 Å². The van der Waals surface area contributed by atoms with Crippen molar-refractivity contribution in [1.82, 2.24) is 0 Å². The molecule has 0 aliphatic carbocycles. The largest absolute Gasteiger partial charge is 0.490 e. The number of para-hydroxylation sites is 1. The Kier molecular flexibility index (Phi) is 6.61. The lowest BCUT2D eigenvalue weighted by molar-refractivity contribution is 0.102. The SMILES string of the molecule is O=C(Nc1cccc(OCCOc2ccccc2)c1)c1ccc(-c2ccccc2)cc1. The van der Waals surface area contributed by atoms with Crippen molar-refractivity contribution < 1.29 is 14.3 Å². The van der Waals surface area contributed by atoms with Gasteiger partial charge in [-0.3, -0.25) is 4.79 Å². The molecule has 0 heterocycles. The molecule has 154 valence electrons. The second-order valence-electron chi connectivity index (χ2n) is 6.94. The minimum Gasteiger partial charge on any atom is -0.490 e. The zero-order valence-corrected chi connectivity index (χ0v) is 17.0. The van der Waals surface area contributed by atoms with Crippen molar-refractivity contribution in [3.05, 3.63) is 115 Å². The topological polar surface area (TPSA) is 47.6 Å². The first-order valence-corrected chi connectivity index (χ1v) is 10.2. The lowest BCUT2D eigenvalue weighted by Gasteiger charge is -2.10. The molecule has 4 heteroatoms. The summed E-state index contributed by atoms with van der Waals surface area (Å²) in [4.78, 5) is 12.6. The van der Waals surface area contributed by atoms with Gasteiger partial charge in [-0.25, -0.2) is 0 Å². The highest BCUT2D eigenvalue weighted by atomic mass is 16.5. The molecular weight excluding hydrogens is 386 g/mol. The van der Waals surface area contributed by atoms with Crippen LogP contribution in [0.2, 0.25) is 0 Å². The Hall–Kier alpha value is -4.05. The molecule has 1 amide bonds. The van der Waals surface area contributed by atoms with Crippen LogP contribution >= 0.6 is 0 Å². The predicted molar refractivity (Wildman–Crippen MR) is 124 cm³/mol. The third-order valence-corrected chi connectivity index (χ3v) is 4.71. The van der Waals surface area contributed by atoms with Gasteiger partial charge in [-0.1, -0.05) is 66.7 Å². The van der Waals surface area contributed by atoms with Crippen molar-refractivity contribution in [2.45, 2.75) is 0 Å². The van der Waals surface area contributed by atoms with E-state index in [9.17, 15) is 4.79 Å². The molecule has 0 spiro atoms. The smallest absolute Gasteiger partial charge is 0.255 e. The maximum Gasteiger partial charge on any atom is 0.255 e. The Morgan fingerprint density at radius 1 is 0.613 bits per heavy atom. The lowest BCUT2D eigenvalue weighted by Crippen LogP contribution is -2.12. The molecule has 0 atom stereocenters. The molecule has 4 aromatic carbocycles. The first kappa shape index (κ1) is 20.2. The molecular formula is C27H23NO3. The summed E-state index contributed by atoms with van der Waals surface area (Å²) in [6.45, 7) is 0.849. The fourth-order valence-electron chi connectivity index (χ4n) is 3.15. The Balaban J connectivity index is 1.31. The number of nitrogens with one attached hydrogen (secondary N) is 1. The van der Waals surface area contributed by atoms with Gasteiger partial charge in [0.2, 0.25) is 0 Å². The van der Waals surface area contributed by atoms with Crippen LogP contribution in [-0.2, 0) is 0 Å². The van der Waals surface area contributed by atoms with Gasteiger partial charge in [-0.05, 0) is 47.5 Å². The molecule has 0 aromatic heterocycles. The molecule has 4 nitrogen and oxygen atoms in total. The summed E-state index contributed by atoms with van der Waals surface area (Å²) < 4.78 is 11.4. The van der Waals surface area contributed by atoms with E-state index >= 15 is 0 Å². The number of anilines is 1. The van der Waals surface area contributed by atoms with Gasteiger partial charge >= 0.3 is 0 Å². The van der Waals surface area contributed by atoms with Crippen molar-refractivity contribution in [3.63, 3.8) is 0 Å². The lowest BCUT2D eigenvalue weighted by atomic mass is 10.0. The van der Waals surface area contributed by atoms with E-state index in [1.54, 1.807) is 6.07 Å². The second kappa shape index (κ2) is 10.1. The van der Waals surface area contributed by atoms with Gasteiger partial charge < -0.3 is 14.8 Å². The third-order valence-electron chi connectivity index (χ3n) is 4.71. The van der Waals surface area contributed by atoms with Gasteiger partial charge in [0.1, 0.15) is 24.7 Å². The zero-order chi connectivity index (χ0) is 21.3. The normalized spacial score (nSPS) is 10.3. The standard InChI is InChI=1S/C27H23NO3/c29-27(23-16-14-22(15-17-23)21-8-3-1-4-9-21)28-24-10-7-13-26(20-24)31-19-18-30-25-11-5-2-6-12-25/h1-17,20H,18-19H2,(H,28,29). The molecule has 0 saturated carbocycles. The second-order valence-corrected chi connectivity index (χ2v) is 6.94. The van der Waals surface area contributed by atoms with Crippen molar-refractivity contribution in [2.75, 3.05) is 18.5 Å². The fourth-order valence-corrected chi connectivity index (χ4v) is 3.15. The number of carbonyl (C=O) groups excluding carboxylic acids is 1. The van der Waals surface area contributed by atoms with E-state index in [0.717, 1.165) is 16.9 Å². The van der Waals surface area contributed by atoms with Crippen LogP contribution in [0.5, 0.6) is 11.5 Å². The van der Waals surface area contributed by atoms with Gasteiger partial charge in [-0.15, -0.1) is 0 Å². The number of amides is 1. The van der Waals surface area contributed by atoms with Crippen LogP contribution in [0, 0.1) is 0 Å². The van der Waals surface area contributed by atoms with E-state index < -0.39 is 0 Å². The Labute approximate surface area is 182 Å². The first-order valence-electron chi connectivity index (χ1n) is 10.2. The average molecular weight is 409 g/mol. The Morgan fingerprint density at radius 3 is 1.90 bits per heavy atom. The average Bonchev–Trinajstić information content (AvgIpc) is 2.83. The summed E-state index contributed by atoms with van der Waals surface area (Å²) >= 11 is 0. The highest BCUT2D eigenvalue weighted by molar-refractivity contribution is 6.04. The van der Waals surface area contributed by atoms with E-state index in [4.69, 9.17) is 9.47 Å². The van der Waals surface area contributed by atoms with Crippen LogP contribution in [0.25, 0.3) is 11.1 Å². The third kappa shape index (κ3) is 5.73. The molecule has 4 aromatic rings. The molecule has 0 fully saturated rings.